The van der Waals surface area contributed by atoms with Crippen molar-refractivity contribution in [2.24, 2.45) is 11.5 Å². The molecule has 4 heterocycles. The molecule has 0 saturated carbocycles. The topological polar surface area (TPSA) is 223 Å². The predicted molar refractivity (Wildman–Crippen MR) is 226 cm³/mol. The summed E-state index contributed by atoms with van der Waals surface area (Å²) in [6.07, 6.45) is 3.99. The van der Waals surface area contributed by atoms with Crippen LogP contribution in [0.15, 0.2) is 48.6 Å². The fourth-order valence-corrected chi connectivity index (χ4v) is 8.81. The third-order valence-electron chi connectivity index (χ3n) is 9.99. The van der Waals surface area contributed by atoms with E-state index in [1.165, 1.54) is 7.11 Å². The Morgan fingerprint density at radius 2 is 1.47 bits per heavy atom. The van der Waals surface area contributed by atoms with Crippen molar-refractivity contribution in [2.75, 3.05) is 42.4 Å². The van der Waals surface area contributed by atoms with Crippen LogP contribution in [0.5, 0.6) is 11.5 Å². The first-order valence-corrected chi connectivity index (χ1v) is 25.0. The number of aryl methyl sites for hydroxylation is 4. The summed E-state index contributed by atoms with van der Waals surface area (Å²) in [5, 5.41) is 15.0. The normalized spacial score (nSPS) is 13.6. The van der Waals surface area contributed by atoms with Gasteiger partial charge in [0.05, 0.1) is 24.2 Å². The maximum atomic E-state index is 13.8. The SMILES string of the molecule is CCn1nc(C)cc1C(=O)Nc1nc2cc(C(N)=O)cc(OCC[CH2][In][CH3])c2n1C/C=C/CN1c2c(OC)cc(C(N)=O)cc2N(C)C1NC(=O)c1cc(C)nn1CC. The molecule has 1 radical (unpaired) electrons. The molecule has 1 aliphatic heterocycles. The molecule has 6 rings (SSSR count). The number of methoxy groups -OCH3 is 1. The fourth-order valence-electron chi connectivity index (χ4n) is 7.17. The van der Waals surface area contributed by atoms with E-state index in [9.17, 15) is 19.2 Å². The molecule has 0 spiro atoms. The molecule has 1 unspecified atom stereocenters. The summed E-state index contributed by atoms with van der Waals surface area (Å²) in [4.78, 5) is 60.9. The Morgan fingerprint density at radius 1 is 0.864 bits per heavy atom. The molecule has 4 amide bonds. The molecule has 18 nitrogen and oxygen atoms in total. The van der Waals surface area contributed by atoms with Gasteiger partial charge in [0.25, 0.3) is 5.91 Å². The molecule has 6 N–H and O–H groups in total. The number of benzene rings is 2. The molecule has 0 fully saturated rings. The minimum absolute atomic E-state index is 0.217. The van der Waals surface area contributed by atoms with E-state index < -0.39 is 46.9 Å². The van der Waals surface area contributed by atoms with Crippen LogP contribution in [0, 0.1) is 13.8 Å². The van der Waals surface area contributed by atoms with Crippen LogP contribution in [-0.2, 0) is 19.6 Å². The van der Waals surface area contributed by atoms with Gasteiger partial charge in [-0.3, -0.25) is 14.3 Å². The number of rotatable bonds is 18. The second kappa shape index (κ2) is 18.3. The number of carbonyl (C=O) groups is 4. The van der Waals surface area contributed by atoms with E-state index >= 15 is 0 Å². The minimum atomic E-state index is -0.713. The number of ether oxygens (including phenoxy) is 2. The average molecular weight is 910 g/mol. The number of amides is 4. The van der Waals surface area contributed by atoms with Crippen LogP contribution >= 0.6 is 0 Å². The van der Waals surface area contributed by atoms with E-state index in [-0.39, 0.29) is 36.1 Å². The second-order valence-corrected chi connectivity index (χ2v) is 18.0. The Hall–Kier alpha value is -5.98. The molecule has 1 atom stereocenters. The number of primary amides is 2. The number of hydrogen-bond acceptors (Lipinski definition) is 11. The minimum Gasteiger partial charge on any atom is -0.494 e. The van der Waals surface area contributed by atoms with Gasteiger partial charge in [-0.25, -0.2) is 0 Å². The molecular formula is C40H50InN12O6. The molecule has 19 heteroatoms. The molecule has 0 bridgehead atoms. The van der Waals surface area contributed by atoms with Crippen LogP contribution in [-0.4, -0.2) is 109 Å². The van der Waals surface area contributed by atoms with Crippen LogP contribution in [0.4, 0.5) is 17.3 Å². The number of imidazole rings is 1. The smallest absolute Gasteiger partial charge is 0.494 e. The molecule has 1 aliphatic rings. The van der Waals surface area contributed by atoms with E-state index in [1.54, 1.807) is 45.8 Å². The Bertz CT molecular complexity index is 2430. The molecule has 3 aromatic heterocycles. The number of nitrogens with one attached hydrogen (secondary N) is 2. The van der Waals surface area contributed by atoms with Gasteiger partial charge in [0.15, 0.2) is 6.29 Å². The molecular weight excluding hydrogens is 859 g/mol. The monoisotopic (exact) mass is 909 g/mol. The summed E-state index contributed by atoms with van der Waals surface area (Å²) >= 11 is -0.600. The third kappa shape index (κ3) is 8.89. The van der Waals surface area contributed by atoms with Crippen LogP contribution in [0.3, 0.4) is 0 Å². The van der Waals surface area contributed by atoms with Crippen molar-refractivity contribution in [1.29, 1.82) is 0 Å². The van der Waals surface area contributed by atoms with E-state index in [1.807, 2.05) is 61.3 Å². The molecule has 5 aromatic rings. The maximum absolute atomic E-state index is 13.8. The van der Waals surface area contributed by atoms with Gasteiger partial charge in [-0.1, -0.05) is 0 Å². The summed E-state index contributed by atoms with van der Waals surface area (Å²) in [5.41, 5.74) is 16.4. The molecule has 0 aliphatic carbocycles. The van der Waals surface area contributed by atoms with Crippen molar-refractivity contribution in [2.45, 2.75) is 68.9 Å². The molecule has 2 aromatic carbocycles. The number of fused-ring (bicyclic) bond motifs is 2. The van der Waals surface area contributed by atoms with Crippen LogP contribution in [0.25, 0.3) is 11.0 Å². The Morgan fingerprint density at radius 3 is 2.08 bits per heavy atom. The number of aromatic nitrogens is 6. The Kier molecular flexibility index (Phi) is 13.2. The van der Waals surface area contributed by atoms with E-state index in [0.29, 0.717) is 76.4 Å². The second-order valence-electron chi connectivity index (χ2n) is 14.1. The molecule has 0 saturated heterocycles. The summed E-state index contributed by atoms with van der Waals surface area (Å²) in [7, 11) is 3.32. The van der Waals surface area contributed by atoms with Gasteiger partial charge < -0.3 is 20.7 Å². The van der Waals surface area contributed by atoms with Crippen molar-refractivity contribution in [3.63, 3.8) is 0 Å². The number of anilines is 3. The van der Waals surface area contributed by atoms with Crippen molar-refractivity contribution in [1.82, 2.24) is 34.4 Å². The zero-order valence-corrected chi connectivity index (χ0v) is 37.7. The van der Waals surface area contributed by atoms with Gasteiger partial charge in [-0.2, -0.15) is 10.2 Å². The number of carbonyl (C=O) groups excluding carboxylic acids is 4. The first kappa shape index (κ1) is 42.6. The van der Waals surface area contributed by atoms with Gasteiger partial charge in [-0.05, 0) is 45.9 Å². The van der Waals surface area contributed by atoms with Crippen LogP contribution < -0.4 is 41.4 Å². The summed E-state index contributed by atoms with van der Waals surface area (Å²) < 4.78 is 20.6. The Labute approximate surface area is 353 Å². The zero-order chi connectivity index (χ0) is 42.5. The van der Waals surface area contributed by atoms with Gasteiger partial charge in [0, 0.05) is 25.7 Å². The predicted octanol–water partition coefficient (Wildman–Crippen LogP) is 3.71. The van der Waals surface area contributed by atoms with E-state index in [0.717, 1.165) is 10.6 Å². The summed E-state index contributed by atoms with van der Waals surface area (Å²) in [6.45, 7) is 9.39. The molecule has 309 valence electrons. The average Bonchev–Trinajstić information content (AvgIpc) is 3.96. The number of nitrogens with two attached hydrogens (primary N) is 2. The van der Waals surface area contributed by atoms with Gasteiger partial charge in [0.2, 0.25) is 5.91 Å². The standard InChI is InChI=1S/C39H47N12O6.CH3.In/c1-8-15-57-31-21-24(34(40)52)18-26-32(31)48(38(42-26)43-36(54)28-16-22(4)45-50(28)9-2)13-11-12-14-49-33-27(19-25(35(41)53)20-30(33)56-7)47(6)39(49)44-37(55)29-17-23(5)46-51(29)10-3;;/h11-12,16-21,39H,1,8-10,13-15H2,2-7H3,(H2,40,52)(H2,41,53)(H,44,55)(H,42,43,54);1H3;/b12-11+;;. The first-order valence-electron chi connectivity index (χ1n) is 19.4. The molecule has 59 heavy (non-hydrogen) atoms. The number of nitrogens with zero attached hydrogens (tertiary/aromatic N) is 8. The van der Waals surface area contributed by atoms with Gasteiger partial charge in [-0.15, -0.1) is 0 Å². The Balaban J connectivity index is 1.38. The number of allylic oxidation sites excluding steroid dienone is 1. The van der Waals surface area contributed by atoms with E-state index in [4.69, 9.17) is 25.9 Å². The van der Waals surface area contributed by atoms with E-state index in [2.05, 4.69) is 25.5 Å². The van der Waals surface area contributed by atoms with Crippen LogP contribution in [0.2, 0.25) is 8.86 Å². The van der Waals surface area contributed by atoms with Crippen molar-refractivity contribution >= 4 is 74.9 Å². The quantitative estimate of drug-likeness (QED) is 0.0733. The zero-order valence-electron chi connectivity index (χ0n) is 34.4. The van der Waals surface area contributed by atoms with Crippen molar-refractivity contribution < 1.29 is 28.7 Å². The van der Waals surface area contributed by atoms with Crippen LogP contribution in [0.1, 0.15) is 73.3 Å². The van der Waals surface area contributed by atoms with Crippen molar-refractivity contribution in [3.05, 3.63) is 82.5 Å². The summed E-state index contributed by atoms with van der Waals surface area (Å²) in [6, 6.07) is 9.90. The van der Waals surface area contributed by atoms with Gasteiger partial charge in [0.1, 0.15) is 17.1 Å². The third-order valence-corrected chi connectivity index (χ3v) is 12.8. The fraction of sp³-hybridized carbons (Fsp3) is 0.375. The summed E-state index contributed by atoms with van der Waals surface area (Å²) in [5.74, 6) is -0.948. The van der Waals surface area contributed by atoms with Gasteiger partial charge >= 0.3 is 179 Å². The number of hydrogen-bond donors (Lipinski definition) is 4. The van der Waals surface area contributed by atoms with Crippen molar-refractivity contribution in [3.8, 4) is 11.5 Å². The first-order chi connectivity index (χ1) is 28.3.